The molecule has 2 fully saturated rings. The number of piperidine rings is 1. The maximum Gasteiger partial charge on any atom is 0.224 e. The fraction of sp³-hybridized carbons (Fsp3) is 0.571. The van der Waals surface area contributed by atoms with Crippen molar-refractivity contribution in [3.63, 3.8) is 0 Å². The van der Waals surface area contributed by atoms with E-state index >= 15 is 0 Å². The number of carbonyl (C=O) groups excluding carboxylic acids is 2. The van der Waals surface area contributed by atoms with E-state index in [0.717, 1.165) is 44.2 Å². The van der Waals surface area contributed by atoms with E-state index in [1.807, 2.05) is 39.9 Å². The summed E-state index contributed by atoms with van der Waals surface area (Å²) in [6, 6.07) is 5.89. The first kappa shape index (κ1) is 19.8. The lowest BCUT2D eigenvalue weighted by Gasteiger charge is -2.34. The summed E-state index contributed by atoms with van der Waals surface area (Å²) < 4.78 is 7.35. The number of nitrogens with zero attached hydrogens (tertiary/aromatic N) is 4. The van der Waals surface area contributed by atoms with Gasteiger partial charge in [-0.05, 0) is 18.6 Å². The van der Waals surface area contributed by atoms with Gasteiger partial charge in [0.15, 0.2) is 0 Å². The molecule has 4 heterocycles. The van der Waals surface area contributed by atoms with Crippen LogP contribution in [0.15, 0.2) is 30.6 Å². The minimum atomic E-state index is -0.126. The van der Waals surface area contributed by atoms with Crippen LogP contribution < -0.4 is 5.32 Å². The number of likely N-dealkylation sites (tertiary alicyclic amines) is 1. The molecule has 0 saturated carbocycles. The molecule has 1 unspecified atom stereocenters. The molecule has 2 aromatic heterocycles. The second-order valence-electron chi connectivity index (χ2n) is 7.77. The number of amides is 2. The van der Waals surface area contributed by atoms with Crippen LogP contribution in [0, 0.1) is 5.92 Å². The van der Waals surface area contributed by atoms with Crippen molar-refractivity contribution in [1.29, 1.82) is 0 Å². The summed E-state index contributed by atoms with van der Waals surface area (Å²) >= 11 is 0. The Hall–Kier alpha value is -2.45. The number of fused-ring (bicyclic) bond motifs is 1. The SMILES string of the molecule is O=C(NCCc1cn2ccccc2n1)C1CCC(=O)N(CCN2CCOCC2)C1. The van der Waals surface area contributed by atoms with Crippen LogP contribution in [0.25, 0.3) is 5.65 Å². The summed E-state index contributed by atoms with van der Waals surface area (Å²) in [5.74, 6) is 0.0723. The zero-order valence-corrected chi connectivity index (χ0v) is 16.8. The molecule has 8 heteroatoms. The number of rotatable bonds is 7. The van der Waals surface area contributed by atoms with E-state index < -0.39 is 0 Å². The van der Waals surface area contributed by atoms with Gasteiger partial charge in [-0.15, -0.1) is 0 Å². The summed E-state index contributed by atoms with van der Waals surface area (Å²) in [5, 5.41) is 3.03. The summed E-state index contributed by atoms with van der Waals surface area (Å²) in [4.78, 5) is 33.6. The minimum Gasteiger partial charge on any atom is -0.379 e. The molecule has 2 aromatic rings. The fourth-order valence-electron chi connectivity index (χ4n) is 4.00. The fourth-order valence-corrected chi connectivity index (χ4v) is 4.00. The summed E-state index contributed by atoms with van der Waals surface area (Å²) in [5.41, 5.74) is 1.87. The van der Waals surface area contributed by atoms with Gasteiger partial charge in [0.2, 0.25) is 11.8 Å². The molecule has 2 aliphatic rings. The Morgan fingerprint density at radius 3 is 2.93 bits per heavy atom. The zero-order valence-electron chi connectivity index (χ0n) is 16.8. The van der Waals surface area contributed by atoms with Gasteiger partial charge < -0.3 is 19.4 Å². The highest BCUT2D eigenvalue weighted by Gasteiger charge is 2.30. The number of hydrogen-bond acceptors (Lipinski definition) is 5. The number of pyridine rings is 1. The summed E-state index contributed by atoms with van der Waals surface area (Å²) in [6.07, 6.45) is 5.74. The average molecular weight is 399 g/mol. The zero-order chi connectivity index (χ0) is 20.1. The smallest absolute Gasteiger partial charge is 0.224 e. The predicted molar refractivity (Wildman–Crippen MR) is 108 cm³/mol. The third-order valence-corrected chi connectivity index (χ3v) is 5.76. The molecule has 29 heavy (non-hydrogen) atoms. The van der Waals surface area contributed by atoms with E-state index in [4.69, 9.17) is 4.74 Å². The number of carbonyl (C=O) groups is 2. The van der Waals surface area contributed by atoms with E-state index in [1.54, 1.807) is 0 Å². The number of imidazole rings is 1. The highest BCUT2D eigenvalue weighted by Crippen LogP contribution is 2.18. The maximum absolute atomic E-state index is 12.6. The molecule has 156 valence electrons. The molecule has 8 nitrogen and oxygen atoms in total. The van der Waals surface area contributed by atoms with Gasteiger partial charge in [-0.3, -0.25) is 14.5 Å². The highest BCUT2D eigenvalue weighted by atomic mass is 16.5. The first-order chi connectivity index (χ1) is 14.2. The molecule has 1 N–H and O–H groups in total. The molecule has 2 amide bonds. The number of aromatic nitrogens is 2. The van der Waals surface area contributed by atoms with Crippen molar-refractivity contribution in [3.05, 3.63) is 36.3 Å². The molecular weight excluding hydrogens is 370 g/mol. The monoisotopic (exact) mass is 399 g/mol. The van der Waals surface area contributed by atoms with Gasteiger partial charge in [-0.25, -0.2) is 4.98 Å². The third kappa shape index (κ3) is 5.13. The van der Waals surface area contributed by atoms with Crippen LogP contribution in [0.2, 0.25) is 0 Å². The minimum absolute atomic E-state index is 0.0395. The first-order valence-electron chi connectivity index (χ1n) is 10.5. The van der Waals surface area contributed by atoms with Gasteiger partial charge in [-0.2, -0.15) is 0 Å². The van der Waals surface area contributed by atoms with Crippen LogP contribution >= 0.6 is 0 Å². The van der Waals surface area contributed by atoms with Crippen molar-refractivity contribution < 1.29 is 14.3 Å². The van der Waals surface area contributed by atoms with E-state index in [0.29, 0.717) is 38.9 Å². The topological polar surface area (TPSA) is 79.2 Å². The highest BCUT2D eigenvalue weighted by molar-refractivity contribution is 5.83. The van der Waals surface area contributed by atoms with Gasteiger partial charge in [0.1, 0.15) is 5.65 Å². The lowest BCUT2D eigenvalue weighted by molar-refractivity contribution is -0.138. The van der Waals surface area contributed by atoms with Crippen LogP contribution in [0.4, 0.5) is 0 Å². The Morgan fingerprint density at radius 2 is 2.10 bits per heavy atom. The number of hydrogen-bond donors (Lipinski definition) is 1. The molecule has 2 saturated heterocycles. The van der Waals surface area contributed by atoms with Crippen molar-refractivity contribution in [2.24, 2.45) is 5.92 Å². The lowest BCUT2D eigenvalue weighted by atomic mass is 9.96. The van der Waals surface area contributed by atoms with Crippen molar-refractivity contribution in [2.45, 2.75) is 19.3 Å². The molecule has 4 rings (SSSR count). The Morgan fingerprint density at radius 1 is 1.24 bits per heavy atom. The van der Waals surface area contributed by atoms with Gasteiger partial charge in [0.05, 0.1) is 24.8 Å². The van der Waals surface area contributed by atoms with Gasteiger partial charge in [0.25, 0.3) is 0 Å². The van der Waals surface area contributed by atoms with Crippen molar-refractivity contribution in [3.8, 4) is 0 Å². The quantitative estimate of drug-likeness (QED) is 0.736. The number of nitrogens with one attached hydrogen (secondary N) is 1. The Kier molecular flexibility index (Phi) is 6.41. The summed E-state index contributed by atoms with van der Waals surface area (Å²) in [7, 11) is 0. The molecule has 0 spiro atoms. The van der Waals surface area contributed by atoms with Gasteiger partial charge in [-0.1, -0.05) is 6.07 Å². The molecule has 0 radical (unpaired) electrons. The second kappa shape index (κ2) is 9.37. The number of morpholine rings is 1. The predicted octanol–water partition coefficient (Wildman–Crippen LogP) is 0.564. The van der Waals surface area contributed by atoms with Crippen LogP contribution in [0.3, 0.4) is 0 Å². The lowest BCUT2D eigenvalue weighted by Crippen LogP contribution is -2.49. The average Bonchev–Trinajstić information content (AvgIpc) is 3.16. The second-order valence-corrected chi connectivity index (χ2v) is 7.77. The largest absolute Gasteiger partial charge is 0.379 e. The van der Waals surface area contributed by atoms with Crippen LogP contribution in [-0.4, -0.2) is 83.5 Å². The van der Waals surface area contributed by atoms with E-state index in [1.165, 1.54) is 0 Å². The summed E-state index contributed by atoms with van der Waals surface area (Å²) in [6.45, 7) is 5.94. The van der Waals surface area contributed by atoms with E-state index in [2.05, 4.69) is 15.2 Å². The third-order valence-electron chi connectivity index (χ3n) is 5.76. The first-order valence-corrected chi connectivity index (χ1v) is 10.5. The Balaban J connectivity index is 1.22. The molecule has 0 aromatic carbocycles. The maximum atomic E-state index is 12.6. The van der Waals surface area contributed by atoms with Crippen molar-refractivity contribution >= 4 is 17.5 Å². The molecule has 0 aliphatic carbocycles. The standard InChI is InChI=1S/C21H29N5O3/c27-20-5-4-17(15-26(20)10-9-24-11-13-29-14-12-24)21(28)22-7-6-18-16-25-8-2-1-3-19(25)23-18/h1-3,8,16-17H,4-7,9-15H2,(H,22,28). The Labute approximate surface area is 170 Å². The molecular formula is C21H29N5O3. The molecule has 2 aliphatic heterocycles. The Bertz CT molecular complexity index is 813. The van der Waals surface area contributed by atoms with Crippen LogP contribution in [0.5, 0.6) is 0 Å². The van der Waals surface area contributed by atoms with Gasteiger partial charge >= 0.3 is 0 Å². The van der Waals surface area contributed by atoms with Gasteiger partial charge in [0, 0.05) is 64.5 Å². The van der Waals surface area contributed by atoms with Crippen LogP contribution in [0.1, 0.15) is 18.5 Å². The van der Waals surface area contributed by atoms with Crippen molar-refractivity contribution in [1.82, 2.24) is 24.5 Å². The number of ether oxygens (including phenoxy) is 1. The van der Waals surface area contributed by atoms with Crippen molar-refractivity contribution in [2.75, 3.05) is 52.5 Å². The molecule has 0 bridgehead atoms. The van der Waals surface area contributed by atoms with E-state index in [9.17, 15) is 9.59 Å². The normalized spacial score (nSPS) is 20.9. The van der Waals surface area contributed by atoms with Crippen LogP contribution in [-0.2, 0) is 20.7 Å². The molecule has 1 atom stereocenters. The van der Waals surface area contributed by atoms with E-state index in [-0.39, 0.29) is 17.7 Å².